The maximum atomic E-state index is 11.4. The highest BCUT2D eigenvalue weighted by Gasteiger charge is 2.35. The van der Waals surface area contributed by atoms with Crippen molar-refractivity contribution in [2.45, 2.75) is 64.6 Å². The SMILES string of the molecule is CCc1oc(-c2ccc3ccccc3c2)nc1C(OC)[C@@H]1CCC[C@H](COC(C)(C)C(=O)O)C1. The third-order valence-electron chi connectivity index (χ3n) is 7.01. The Morgan fingerprint density at radius 3 is 2.68 bits per heavy atom. The van der Waals surface area contributed by atoms with Crippen LogP contribution < -0.4 is 0 Å². The molecular formula is C28H35NO5. The number of nitrogens with zero attached hydrogens (tertiary/aromatic N) is 1. The zero-order valence-corrected chi connectivity index (χ0v) is 20.5. The average molecular weight is 466 g/mol. The molecule has 34 heavy (non-hydrogen) atoms. The van der Waals surface area contributed by atoms with Crippen LogP contribution in [0.1, 0.15) is 64.0 Å². The number of carboxylic acids is 1. The van der Waals surface area contributed by atoms with Crippen molar-refractivity contribution in [3.8, 4) is 11.5 Å². The van der Waals surface area contributed by atoms with Gasteiger partial charge in [-0.25, -0.2) is 9.78 Å². The molecule has 6 nitrogen and oxygen atoms in total. The van der Waals surface area contributed by atoms with Gasteiger partial charge in [-0.2, -0.15) is 0 Å². The van der Waals surface area contributed by atoms with Crippen LogP contribution in [0.2, 0.25) is 0 Å². The Hall–Kier alpha value is -2.70. The van der Waals surface area contributed by atoms with Gasteiger partial charge in [0.1, 0.15) is 17.6 Å². The van der Waals surface area contributed by atoms with Crippen molar-refractivity contribution in [1.82, 2.24) is 4.98 Å². The van der Waals surface area contributed by atoms with E-state index < -0.39 is 11.6 Å². The number of fused-ring (bicyclic) bond motifs is 1. The molecule has 0 saturated heterocycles. The van der Waals surface area contributed by atoms with E-state index in [1.165, 1.54) is 5.39 Å². The van der Waals surface area contributed by atoms with Crippen molar-refractivity contribution in [3.05, 3.63) is 53.9 Å². The molecule has 1 unspecified atom stereocenters. The Balaban J connectivity index is 1.54. The molecule has 0 bridgehead atoms. The quantitative estimate of drug-likeness (QED) is 0.392. The second-order valence-corrected chi connectivity index (χ2v) is 9.82. The number of benzene rings is 2. The summed E-state index contributed by atoms with van der Waals surface area (Å²) < 4.78 is 18.0. The molecule has 0 spiro atoms. The molecule has 1 N–H and O–H groups in total. The monoisotopic (exact) mass is 465 g/mol. The van der Waals surface area contributed by atoms with Gasteiger partial charge < -0.3 is 19.0 Å². The van der Waals surface area contributed by atoms with Crippen LogP contribution in [0.5, 0.6) is 0 Å². The summed E-state index contributed by atoms with van der Waals surface area (Å²) >= 11 is 0. The molecule has 1 aromatic heterocycles. The molecule has 1 fully saturated rings. The third-order valence-corrected chi connectivity index (χ3v) is 7.01. The van der Waals surface area contributed by atoms with Crippen molar-refractivity contribution >= 4 is 16.7 Å². The molecule has 1 aliphatic rings. The summed E-state index contributed by atoms with van der Waals surface area (Å²) in [5, 5.41) is 11.7. The first kappa shape index (κ1) is 24.4. The maximum Gasteiger partial charge on any atom is 0.335 e. The summed E-state index contributed by atoms with van der Waals surface area (Å²) in [6.45, 7) is 5.72. The second kappa shape index (κ2) is 10.3. The first-order valence-corrected chi connectivity index (χ1v) is 12.2. The van der Waals surface area contributed by atoms with Crippen molar-refractivity contribution in [1.29, 1.82) is 0 Å². The summed E-state index contributed by atoms with van der Waals surface area (Å²) in [5.41, 5.74) is 0.662. The van der Waals surface area contributed by atoms with Gasteiger partial charge in [0, 0.05) is 19.1 Å². The van der Waals surface area contributed by atoms with Gasteiger partial charge in [-0.15, -0.1) is 0 Å². The Morgan fingerprint density at radius 1 is 1.21 bits per heavy atom. The standard InChI is InChI=1S/C28H35NO5/c1-5-23-24(29-26(34-23)22-14-13-19-10-6-7-11-20(19)16-22)25(32-4)21-12-8-9-18(15-21)17-33-28(2,3)27(30)31/h6-7,10-11,13-14,16,18,21,25H,5,8-9,12,15,17H2,1-4H3,(H,30,31)/t18-,21+,25?/m0/s1. The van der Waals surface area contributed by atoms with Crippen LogP contribution in [0.15, 0.2) is 46.9 Å². The number of aliphatic carboxylic acids is 1. The minimum Gasteiger partial charge on any atom is -0.479 e. The smallest absolute Gasteiger partial charge is 0.335 e. The number of aryl methyl sites for hydroxylation is 1. The van der Waals surface area contributed by atoms with E-state index in [0.717, 1.165) is 54.5 Å². The lowest BCUT2D eigenvalue weighted by molar-refractivity contribution is -0.163. The number of hydrogen-bond acceptors (Lipinski definition) is 5. The van der Waals surface area contributed by atoms with Crippen molar-refractivity contribution in [2.24, 2.45) is 11.8 Å². The molecule has 3 aromatic rings. The average Bonchev–Trinajstić information content (AvgIpc) is 3.27. The molecule has 4 rings (SSSR count). The summed E-state index contributed by atoms with van der Waals surface area (Å²) in [5.74, 6) is 1.12. The normalized spacial score (nSPS) is 19.9. The summed E-state index contributed by atoms with van der Waals surface area (Å²) in [7, 11) is 1.74. The predicted octanol–water partition coefficient (Wildman–Crippen LogP) is 6.43. The summed E-state index contributed by atoms with van der Waals surface area (Å²) in [4.78, 5) is 16.3. The van der Waals surface area contributed by atoms with Gasteiger partial charge in [-0.3, -0.25) is 0 Å². The molecule has 6 heteroatoms. The third kappa shape index (κ3) is 5.18. The first-order valence-electron chi connectivity index (χ1n) is 12.2. The van der Waals surface area contributed by atoms with E-state index in [-0.39, 0.29) is 12.0 Å². The predicted molar refractivity (Wildman–Crippen MR) is 132 cm³/mol. The largest absolute Gasteiger partial charge is 0.479 e. The van der Waals surface area contributed by atoms with Crippen molar-refractivity contribution < 1.29 is 23.8 Å². The Labute approximate surface area is 201 Å². The van der Waals surface area contributed by atoms with Gasteiger partial charge in [-0.1, -0.05) is 43.7 Å². The van der Waals surface area contributed by atoms with Crippen LogP contribution in [-0.2, 0) is 20.7 Å². The van der Waals surface area contributed by atoms with E-state index in [9.17, 15) is 9.90 Å². The Bertz CT molecular complexity index is 1130. The van der Waals surface area contributed by atoms with E-state index in [0.29, 0.717) is 18.4 Å². The van der Waals surface area contributed by atoms with E-state index in [4.69, 9.17) is 18.9 Å². The first-order chi connectivity index (χ1) is 16.3. The highest BCUT2D eigenvalue weighted by atomic mass is 16.5. The van der Waals surface area contributed by atoms with Crippen LogP contribution in [0.3, 0.4) is 0 Å². The van der Waals surface area contributed by atoms with Gasteiger partial charge in [0.05, 0.1) is 6.61 Å². The number of ether oxygens (including phenoxy) is 2. The Kier molecular flexibility index (Phi) is 7.39. The zero-order valence-electron chi connectivity index (χ0n) is 20.5. The number of aromatic nitrogens is 1. The minimum absolute atomic E-state index is 0.164. The van der Waals surface area contributed by atoms with Crippen molar-refractivity contribution in [3.63, 3.8) is 0 Å². The zero-order chi connectivity index (χ0) is 24.3. The van der Waals surface area contributed by atoms with Crippen LogP contribution in [0, 0.1) is 11.8 Å². The van der Waals surface area contributed by atoms with Crippen LogP contribution in [-0.4, -0.2) is 35.4 Å². The lowest BCUT2D eigenvalue weighted by Crippen LogP contribution is -2.37. The molecule has 2 aromatic carbocycles. The van der Waals surface area contributed by atoms with Gasteiger partial charge in [0.25, 0.3) is 0 Å². The van der Waals surface area contributed by atoms with Gasteiger partial charge in [0.2, 0.25) is 5.89 Å². The number of oxazole rings is 1. The number of methoxy groups -OCH3 is 1. The van der Waals surface area contributed by atoms with Gasteiger partial charge in [0.15, 0.2) is 5.60 Å². The van der Waals surface area contributed by atoms with Crippen LogP contribution in [0.25, 0.3) is 22.2 Å². The number of carbonyl (C=O) groups is 1. The lowest BCUT2D eigenvalue weighted by atomic mass is 9.78. The highest BCUT2D eigenvalue weighted by molar-refractivity contribution is 5.86. The topological polar surface area (TPSA) is 81.8 Å². The molecule has 1 saturated carbocycles. The molecule has 0 amide bonds. The maximum absolute atomic E-state index is 11.4. The molecule has 182 valence electrons. The number of hydrogen-bond donors (Lipinski definition) is 1. The van der Waals surface area contributed by atoms with E-state index >= 15 is 0 Å². The lowest BCUT2D eigenvalue weighted by Gasteiger charge is -2.34. The fourth-order valence-corrected chi connectivity index (χ4v) is 4.96. The summed E-state index contributed by atoms with van der Waals surface area (Å²) in [6, 6.07) is 14.5. The Morgan fingerprint density at radius 2 is 1.97 bits per heavy atom. The van der Waals surface area contributed by atoms with E-state index in [2.05, 4.69) is 37.3 Å². The molecule has 0 aliphatic heterocycles. The number of rotatable bonds is 9. The van der Waals surface area contributed by atoms with E-state index in [1.807, 2.05) is 12.1 Å². The second-order valence-electron chi connectivity index (χ2n) is 9.82. The van der Waals surface area contributed by atoms with E-state index in [1.54, 1.807) is 21.0 Å². The van der Waals surface area contributed by atoms with Crippen molar-refractivity contribution in [2.75, 3.05) is 13.7 Å². The van der Waals surface area contributed by atoms with Gasteiger partial charge in [-0.05, 0) is 67.9 Å². The van der Waals surface area contributed by atoms with Gasteiger partial charge >= 0.3 is 5.97 Å². The fourth-order valence-electron chi connectivity index (χ4n) is 4.96. The molecule has 3 atom stereocenters. The fraction of sp³-hybridized carbons (Fsp3) is 0.500. The van der Waals surface area contributed by atoms with Crippen LogP contribution in [0.4, 0.5) is 0 Å². The molecule has 0 radical (unpaired) electrons. The van der Waals surface area contributed by atoms with Crippen LogP contribution >= 0.6 is 0 Å². The highest BCUT2D eigenvalue weighted by Crippen LogP contribution is 2.41. The number of carboxylic acid groups (broad SMARTS) is 1. The molecule has 1 aliphatic carbocycles. The molecular weight excluding hydrogens is 430 g/mol. The summed E-state index contributed by atoms with van der Waals surface area (Å²) in [6.07, 6.45) is 4.62. The molecule has 1 heterocycles. The minimum atomic E-state index is -1.18.